The molecule has 14 heavy (non-hydrogen) atoms. The highest BCUT2D eigenvalue weighted by Crippen LogP contribution is 2.35. The average molecular weight is 196 g/mol. The van der Waals surface area contributed by atoms with E-state index in [1.165, 1.54) is 0 Å². The molecular formula is C12H25BO. The summed E-state index contributed by atoms with van der Waals surface area (Å²) in [6.07, 6.45) is 0. The summed E-state index contributed by atoms with van der Waals surface area (Å²) in [5.74, 6) is 1.40. The molecule has 0 rings (SSSR count). The molecule has 0 aromatic rings. The van der Waals surface area contributed by atoms with Crippen LogP contribution in [0, 0.1) is 11.3 Å². The Morgan fingerprint density at radius 2 is 1.50 bits per heavy atom. The van der Waals surface area contributed by atoms with Crippen LogP contribution in [-0.2, 0) is 4.79 Å². The van der Waals surface area contributed by atoms with E-state index in [0.717, 1.165) is 7.28 Å². The van der Waals surface area contributed by atoms with Crippen LogP contribution in [0.25, 0.3) is 0 Å². The molecule has 0 aliphatic heterocycles. The van der Waals surface area contributed by atoms with Crippen molar-refractivity contribution in [3.05, 3.63) is 0 Å². The van der Waals surface area contributed by atoms with Crippen LogP contribution in [0.4, 0.5) is 0 Å². The number of rotatable bonds is 4. The van der Waals surface area contributed by atoms with Gasteiger partial charge in [0.1, 0.15) is 13.1 Å². The second-order valence-electron chi connectivity index (χ2n) is 6.11. The van der Waals surface area contributed by atoms with Crippen molar-refractivity contribution in [2.45, 2.75) is 60.1 Å². The van der Waals surface area contributed by atoms with Gasteiger partial charge in [-0.2, -0.15) is 0 Å². The first-order valence-electron chi connectivity index (χ1n) is 5.70. The predicted octanol–water partition coefficient (Wildman–Crippen LogP) is 3.31. The molecule has 0 N–H and O–H groups in total. The third-order valence-electron chi connectivity index (χ3n) is 2.66. The summed E-state index contributed by atoms with van der Waals surface area (Å²) in [4.78, 5) is 12.0. The van der Waals surface area contributed by atoms with E-state index in [1.54, 1.807) is 0 Å². The van der Waals surface area contributed by atoms with Gasteiger partial charge in [0.2, 0.25) is 0 Å². The summed E-state index contributed by atoms with van der Waals surface area (Å²) in [6, 6.07) is 0. The maximum Gasteiger partial charge on any atom is 0.136 e. The fourth-order valence-corrected chi connectivity index (χ4v) is 1.77. The topological polar surface area (TPSA) is 17.1 Å². The largest absolute Gasteiger partial charge is 0.300 e. The third kappa shape index (κ3) is 4.30. The highest BCUT2D eigenvalue weighted by atomic mass is 16.1. The molecule has 1 atom stereocenters. The van der Waals surface area contributed by atoms with E-state index < -0.39 is 0 Å². The SMILES string of the molecule is CC(C)B[C@H](C(=O)C(C)C)C(C)(C)C. The van der Waals surface area contributed by atoms with Crippen LogP contribution >= 0.6 is 0 Å². The molecule has 0 bridgehead atoms. The summed E-state index contributed by atoms with van der Waals surface area (Å²) in [7, 11) is 1.01. The Morgan fingerprint density at radius 1 is 1.07 bits per heavy atom. The zero-order valence-corrected chi connectivity index (χ0v) is 10.8. The van der Waals surface area contributed by atoms with Crippen molar-refractivity contribution >= 4 is 13.1 Å². The van der Waals surface area contributed by atoms with Crippen molar-refractivity contribution in [2.75, 3.05) is 0 Å². The van der Waals surface area contributed by atoms with E-state index in [9.17, 15) is 4.79 Å². The molecule has 0 aliphatic rings. The van der Waals surface area contributed by atoms with Crippen molar-refractivity contribution in [3.8, 4) is 0 Å². The minimum Gasteiger partial charge on any atom is -0.300 e. The first kappa shape index (κ1) is 13.7. The van der Waals surface area contributed by atoms with E-state index in [0.29, 0.717) is 11.6 Å². The number of carbonyl (C=O) groups excluding carboxylic acids is 1. The zero-order valence-electron chi connectivity index (χ0n) is 10.8. The lowest BCUT2D eigenvalue weighted by Crippen LogP contribution is -2.31. The molecule has 0 aliphatic carbocycles. The Morgan fingerprint density at radius 3 is 1.71 bits per heavy atom. The molecule has 0 aromatic carbocycles. The first-order valence-corrected chi connectivity index (χ1v) is 5.70. The summed E-state index contributed by atoms with van der Waals surface area (Å²) >= 11 is 0. The van der Waals surface area contributed by atoms with E-state index in [1.807, 2.05) is 13.8 Å². The van der Waals surface area contributed by atoms with Gasteiger partial charge in [0.15, 0.2) is 0 Å². The molecule has 0 radical (unpaired) electrons. The highest BCUT2D eigenvalue weighted by Gasteiger charge is 2.33. The third-order valence-corrected chi connectivity index (χ3v) is 2.66. The normalized spacial score (nSPS) is 14.6. The van der Waals surface area contributed by atoms with Crippen molar-refractivity contribution in [1.82, 2.24) is 0 Å². The Kier molecular flexibility index (Phi) is 4.90. The van der Waals surface area contributed by atoms with Crippen LogP contribution in [0.1, 0.15) is 48.5 Å². The lowest BCUT2D eigenvalue weighted by molar-refractivity contribution is -0.123. The van der Waals surface area contributed by atoms with Crippen molar-refractivity contribution in [3.63, 3.8) is 0 Å². The number of hydrogen-bond acceptors (Lipinski definition) is 1. The van der Waals surface area contributed by atoms with Gasteiger partial charge in [-0.25, -0.2) is 0 Å². The van der Waals surface area contributed by atoms with Crippen molar-refractivity contribution in [1.29, 1.82) is 0 Å². The lowest BCUT2D eigenvalue weighted by atomic mass is 9.47. The van der Waals surface area contributed by atoms with Gasteiger partial charge in [0.25, 0.3) is 0 Å². The Hall–Kier alpha value is -0.265. The van der Waals surface area contributed by atoms with Gasteiger partial charge >= 0.3 is 0 Å². The summed E-state index contributed by atoms with van der Waals surface area (Å²) < 4.78 is 0. The molecule has 1 nitrogen and oxygen atoms in total. The second kappa shape index (κ2) is 5.00. The summed E-state index contributed by atoms with van der Waals surface area (Å²) in [6.45, 7) is 14.9. The minimum atomic E-state index is 0.103. The van der Waals surface area contributed by atoms with Crippen LogP contribution in [-0.4, -0.2) is 13.1 Å². The Balaban J connectivity index is 4.65. The van der Waals surface area contributed by atoms with E-state index in [2.05, 4.69) is 34.6 Å². The Labute approximate surface area is 89.9 Å². The highest BCUT2D eigenvalue weighted by molar-refractivity contribution is 6.46. The fraction of sp³-hybridized carbons (Fsp3) is 0.917. The zero-order chi connectivity index (χ0) is 11.5. The quantitative estimate of drug-likeness (QED) is 0.630. The number of ketones is 1. The van der Waals surface area contributed by atoms with Crippen LogP contribution in [0.2, 0.25) is 11.6 Å². The van der Waals surface area contributed by atoms with Gasteiger partial charge in [0, 0.05) is 5.92 Å². The van der Waals surface area contributed by atoms with Gasteiger partial charge in [-0.15, -0.1) is 0 Å². The Bertz CT molecular complexity index is 189. The van der Waals surface area contributed by atoms with Gasteiger partial charge in [-0.05, 0) is 11.2 Å². The van der Waals surface area contributed by atoms with Gasteiger partial charge in [0.05, 0.1) is 0 Å². The van der Waals surface area contributed by atoms with Crippen molar-refractivity contribution < 1.29 is 4.79 Å². The fourth-order valence-electron chi connectivity index (χ4n) is 1.77. The molecule has 0 heterocycles. The molecule has 0 saturated heterocycles. The molecule has 0 unspecified atom stereocenters. The number of hydrogen-bond donors (Lipinski definition) is 0. The second-order valence-corrected chi connectivity index (χ2v) is 6.11. The van der Waals surface area contributed by atoms with Crippen LogP contribution in [0.5, 0.6) is 0 Å². The van der Waals surface area contributed by atoms with E-state index >= 15 is 0 Å². The molecule has 0 saturated carbocycles. The molecular weight excluding hydrogens is 171 g/mol. The monoisotopic (exact) mass is 196 g/mol. The van der Waals surface area contributed by atoms with Crippen LogP contribution < -0.4 is 0 Å². The molecule has 2 heteroatoms. The van der Waals surface area contributed by atoms with Gasteiger partial charge in [-0.3, -0.25) is 4.79 Å². The average Bonchev–Trinajstić information content (AvgIpc) is 1.96. The molecule has 82 valence electrons. The molecule has 0 spiro atoms. The first-order chi connectivity index (χ1) is 6.16. The van der Waals surface area contributed by atoms with Gasteiger partial charge < -0.3 is 0 Å². The number of Topliss-reactive ketones (excluding diaryl/α,β-unsaturated/α-hetero) is 1. The van der Waals surface area contributed by atoms with E-state index in [4.69, 9.17) is 0 Å². The smallest absolute Gasteiger partial charge is 0.136 e. The molecule has 0 aromatic heterocycles. The minimum absolute atomic E-state index is 0.103. The number of carbonyl (C=O) groups is 1. The maximum absolute atomic E-state index is 12.0. The van der Waals surface area contributed by atoms with Gasteiger partial charge in [-0.1, -0.05) is 54.3 Å². The van der Waals surface area contributed by atoms with Crippen molar-refractivity contribution in [2.24, 2.45) is 11.3 Å². The predicted molar refractivity (Wildman–Crippen MR) is 65.3 cm³/mol. The summed E-state index contributed by atoms with van der Waals surface area (Å²) in [5, 5.41) is 0. The van der Waals surface area contributed by atoms with E-state index in [-0.39, 0.29) is 17.2 Å². The molecule has 0 fully saturated rings. The van der Waals surface area contributed by atoms with Crippen LogP contribution in [0.15, 0.2) is 0 Å². The lowest BCUT2D eigenvalue weighted by Gasteiger charge is -2.31. The van der Waals surface area contributed by atoms with Crippen LogP contribution in [0.3, 0.4) is 0 Å². The maximum atomic E-state index is 12.0. The molecule has 0 amide bonds. The summed E-state index contributed by atoms with van der Waals surface area (Å²) in [5.41, 5.74) is 0.103. The standard InChI is InChI=1S/C12H25BO/c1-8(2)10(14)11(12(5,6)7)13-9(3)4/h8-9,11,13H,1-7H3/t11-/m1/s1.